The summed E-state index contributed by atoms with van der Waals surface area (Å²) in [5.74, 6) is 0.407. The average molecular weight is 223 g/mol. The van der Waals surface area contributed by atoms with Crippen LogP contribution in [0.4, 0.5) is 0 Å². The number of likely N-dealkylation sites (tertiary alicyclic amines) is 1. The molecular formula is C11H17N3O2. The van der Waals surface area contributed by atoms with Gasteiger partial charge in [-0.25, -0.2) is 4.98 Å². The molecule has 0 amide bonds. The number of hydrogen-bond acceptors (Lipinski definition) is 4. The van der Waals surface area contributed by atoms with Crippen molar-refractivity contribution in [3.05, 3.63) is 22.7 Å². The maximum atomic E-state index is 11.0. The zero-order valence-electron chi connectivity index (χ0n) is 9.48. The van der Waals surface area contributed by atoms with Gasteiger partial charge in [0.25, 0.3) is 5.56 Å². The van der Waals surface area contributed by atoms with Crippen LogP contribution in [0.15, 0.2) is 17.2 Å². The fourth-order valence-corrected chi connectivity index (χ4v) is 2.07. The maximum absolute atomic E-state index is 11.0. The largest absolute Gasteiger partial charge is 0.477 e. The molecule has 0 radical (unpaired) electrons. The van der Waals surface area contributed by atoms with E-state index in [2.05, 4.69) is 21.9 Å². The van der Waals surface area contributed by atoms with E-state index < -0.39 is 0 Å². The molecule has 5 nitrogen and oxygen atoms in total. The van der Waals surface area contributed by atoms with Crippen LogP contribution in [0.3, 0.4) is 0 Å². The number of rotatable bonds is 4. The Labute approximate surface area is 94.5 Å². The van der Waals surface area contributed by atoms with Crippen molar-refractivity contribution in [2.75, 3.05) is 20.2 Å². The third-order valence-corrected chi connectivity index (χ3v) is 3.03. The number of nitrogens with one attached hydrogen (secondary N) is 1. The summed E-state index contributed by atoms with van der Waals surface area (Å²) in [4.78, 5) is 19.7. The Kier molecular flexibility index (Phi) is 3.56. The topological polar surface area (TPSA) is 58.2 Å². The summed E-state index contributed by atoms with van der Waals surface area (Å²) in [6, 6.07) is 1.99. The molecule has 1 N–H and O–H groups in total. The lowest BCUT2D eigenvalue weighted by Crippen LogP contribution is -2.26. The molecule has 2 rings (SSSR count). The molecule has 88 valence electrons. The van der Waals surface area contributed by atoms with Crippen molar-refractivity contribution in [1.29, 1.82) is 0 Å². The monoisotopic (exact) mass is 223 g/mol. The van der Waals surface area contributed by atoms with Gasteiger partial charge in [-0.1, -0.05) is 0 Å². The number of hydrogen-bond donors (Lipinski definition) is 1. The van der Waals surface area contributed by atoms with Crippen LogP contribution in [-0.4, -0.2) is 41.1 Å². The van der Waals surface area contributed by atoms with Crippen LogP contribution in [0, 0.1) is 0 Å². The van der Waals surface area contributed by atoms with E-state index in [1.165, 1.54) is 31.8 Å². The molecule has 1 aromatic rings. The first-order valence-electron chi connectivity index (χ1n) is 5.63. The average Bonchev–Trinajstić information content (AvgIpc) is 2.65. The van der Waals surface area contributed by atoms with Crippen LogP contribution >= 0.6 is 0 Å². The van der Waals surface area contributed by atoms with Crippen LogP contribution in [0.5, 0.6) is 5.88 Å². The first kappa shape index (κ1) is 11.1. The molecule has 1 saturated heterocycles. The zero-order valence-corrected chi connectivity index (χ0v) is 9.48. The van der Waals surface area contributed by atoms with Gasteiger partial charge in [0.15, 0.2) is 0 Å². The molecule has 0 aromatic carbocycles. The number of nitrogens with zero attached hydrogens (tertiary/aromatic N) is 2. The van der Waals surface area contributed by atoms with Crippen molar-refractivity contribution >= 4 is 0 Å². The molecule has 1 fully saturated rings. The van der Waals surface area contributed by atoms with Crippen molar-refractivity contribution in [3.8, 4) is 5.88 Å². The fraction of sp³-hybridized carbons (Fsp3) is 0.636. The summed E-state index contributed by atoms with van der Waals surface area (Å²) in [5, 5.41) is 0. The van der Waals surface area contributed by atoms with Gasteiger partial charge in [0.2, 0.25) is 5.88 Å². The predicted molar refractivity (Wildman–Crippen MR) is 60.6 cm³/mol. The Morgan fingerprint density at radius 2 is 2.56 bits per heavy atom. The molecule has 0 aliphatic carbocycles. The number of H-pyrrole nitrogens is 1. The maximum Gasteiger partial charge on any atom is 0.254 e. The van der Waals surface area contributed by atoms with Gasteiger partial charge in [0, 0.05) is 6.04 Å². The van der Waals surface area contributed by atoms with Crippen LogP contribution < -0.4 is 10.3 Å². The van der Waals surface area contributed by atoms with Gasteiger partial charge in [-0.05, 0) is 32.9 Å². The van der Waals surface area contributed by atoms with Crippen molar-refractivity contribution in [3.63, 3.8) is 0 Å². The van der Waals surface area contributed by atoms with Crippen LogP contribution in [0.2, 0.25) is 0 Å². The molecule has 16 heavy (non-hydrogen) atoms. The minimum absolute atomic E-state index is 0.178. The summed E-state index contributed by atoms with van der Waals surface area (Å²) in [7, 11) is 2.14. The highest BCUT2D eigenvalue weighted by atomic mass is 16.5. The second-order valence-corrected chi connectivity index (χ2v) is 4.16. The number of aromatic nitrogens is 2. The van der Waals surface area contributed by atoms with Crippen LogP contribution in [0.1, 0.15) is 19.3 Å². The molecule has 1 atom stereocenters. The highest BCUT2D eigenvalue weighted by Crippen LogP contribution is 2.17. The zero-order chi connectivity index (χ0) is 11.4. The smallest absolute Gasteiger partial charge is 0.254 e. The van der Waals surface area contributed by atoms with Crippen molar-refractivity contribution in [1.82, 2.24) is 14.9 Å². The van der Waals surface area contributed by atoms with E-state index in [1.807, 2.05) is 0 Å². The van der Waals surface area contributed by atoms with Gasteiger partial charge in [-0.2, -0.15) is 0 Å². The summed E-state index contributed by atoms with van der Waals surface area (Å²) in [5.41, 5.74) is -0.178. The highest BCUT2D eigenvalue weighted by Gasteiger charge is 2.20. The molecule has 1 aliphatic rings. The van der Waals surface area contributed by atoms with Crippen LogP contribution in [0.25, 0.3) is 0 Å². The summed E-state index contributed by atoms with van der Waals surface area (Å²) >= 11 is 0. The molecule has 2 heterocycles. The molecule has 0 spiro atoms. The van der Waals surface area contributed by atoms with E-state index in [0.717, 1.165) is 6.42 Å². The minimum atomic E-state index is -0.178. The van der Waals surface area contributed by atoms with Gasteiger partial charge in [0.05, 0.1) is 19.0 Å². The Bertz CT molecular complexity index is 391. The molecule has 1 aliphatic heterocycles. The molecule has 0 saturated carbocycles. The van der Waals surface area contributed by atoms with Gasteiger partial charge < -0.3 is 14.6 Å². The quantitative estimate of drug-likeness (QED) is 0.813. The minimum Gasteiger partial charge on any atom is -0.477 e. The van der Waals surface area contributed by atoms with E-state index in [0.29, 0.717) is 18.5 Å². The number of ether oxygens (including phenoxy) is 1. The summed E-state index contributed by atoms with van der Waals surface area (Å²) < 4.78 is 5.44. The standard InChI is InChI=1S/C11H17N3O2/c1-14-5-2-3-9(14)4-6-16-11-7-10(15)12-8-13-11/h7-9H,2-6H2,1H3,(H,12,13,15). The first-order valence-corrected chi connectivity index (χ1v) is 5.63. The fourth-order valence-electron chi connectivity index (χ4n) is 2.07. The number of aromatic amines is 1. The predicted octanol–water partition coefficient (Wildman–Crippen LogP) is 0.633. The lowest BCUT2D eigenvalue weighted by atomic mass is 10.1. The van der Waals surface area contributed by atoms with E-state index in [4.69, 9.17) is 4.74 Å². The van der Waals surface area contributed by atoms with Crippen molar-refractivity contribution in [2.45, 2.75) is 25.3 Å². The first-order chi connectivity index (χ1) is 7.75. The lowest BCUT2D eigenvalue weighted by molar-refractivity contribution is 0.228. The molecule has 1 unspecified atom stereocenters. The second-order valence-electron chi connectivity index (χ2n) is 4.16. The van der Waals surface area contributed by atoms with E-state index >= 15 is 0 Å². The van der Waals surface area contributed by atoms with Gasteiger partial charge in [-0.3, -0.25) is 4.79 Å². The molecule has 1 aromatic heterocycles. The third-order valence-electron chi connectivity index (χ3n) is 3.03. The Balaban J connectivity index is 1.77. The lowest BCUT2D eigenvalue weighted by Gasteiger charge is -2.18. The summed E-state index contributed by atoms with van der Waals surface area (Å²) in [6.45, 7) is 1.79. The Morgan fingerprint density at radius 1 is 1.69 bits per heavy atom. The third kappa shape index (κ3) is 2.82. The normalized spacial score (nSPS) is 21.2. The van der Waals surface area contributed by atoms with Crippen LogP contribution in [-0.2, 0) is 0 Å². The highest BCUT2D eigenvalue weighted by molar-refractivity contribution is 5.04. The van der Waals surface area contributed by atoms with Gasteiger partial charge >= 0.3 is 0 Å². The second kappa shape index (κ2) is 5.12. The Morgan fingerprint density at radius 3 is 3.25 bits per heavy atom. The molecular weight excluding hydrogens is 206 g/mol. The van der Waals surface area contributed by atoms with E-state index in [1.54, 1.807) is 0 Å². The molecule has 0 bridgehead atoms. The van der Waals surface area contributed by atoms with Gasteiger partial charge in [0.1, 0.15) is 0 Å². The van der Waals surface area contributed by atoms with Crippen molar-refractivity contribution < 1.29 is 4.74 Å². The van der Waals surface area contributed by atoms with E-state index in [9.17, 15) is 4.79 Å². The van der Waals surface area contributed by atoms with Gasteiger partial charge in [-0.15, -0.1) is 0 Å². The van der Waals surface area contributed by atoms with Crippen molar-refractivity contribution in [2.24, 2.45) is 0 Å². The van der Waals surface area contributed by atoms with E-state index in [-0.39, 0.29) is 5.56 Å². The summed E-state index contributed by atoms with van der Waals surface area (Å²) in [6.07, 6.45) is 4.86. The SMILES string of the molecule is CN1CCCC1CCOc1cc(=O)[nH]cn1. The molecule has 5 heteroatoms. The Hall–Kier alpha value is -1.36.